The van der Waals surface area contributed by atoms with Crippen molar-refractivity contribution in [1.82, 2.24) is 0 Å². The van der Waals surface area contributed by atoms with Crippen LogP contribution in [0.1, 0.15) is 0 Å². The highest BCUT2D eigenvalue weighted by Crippen LogP contribution is 2.34. The average Bonchev–Trinajstić information content (AvgIpc) is 2.69. The van der Waals surface area contributed by atoms with Crippen molar-refractivity contribution < 1.29 is 13.9 Å². The summed E-state index contributed by atoms with van der Waals surface area (Å²) in [5.74, 6) is -0.663. The predicted octanol–water partition coefficient (Wildman–Crippen LogP) is 1.97. The third kappa shape index (κ3) is 1.81. The number of amides is 1. The van der Waals surface area contributed by atoms with Gasteiger partial charge in [-0.2, -0.15) is 0 Å². The van der Waals surface area contributed by atoms with Crippen LogP contribution in [0.5, 0.6) is 0 Å². The van der Waals surface area contributed by atoms with Gasteiger partial charge in [0.15, 0.2) is 0 Å². The number of halogens is 2. The van der Waals surface area contributed by atoms with E-state index in [1.165, 1.54) is 6.07 Å². The van der Waals surface area contributed by atoms with Gasteiger partial charge in [0.05, 0.1) is 41.0 Å². The molecular weight excluding hydrogens is 291 g/mol. The number of hydrogen-bond donors (Lipinski definition) is 2. The summed E-state index contributed by atoms with van der Waals surface area (Å²) in [7, 11) is 0. The standard InChI is InChI=1S/C11H10BrFN2O2/c12-6-1-8-9(2-7(6)13)14-10-4-17-3-5(10)11(16)15-8/h1-2,5,10,14H,3-4H2,(H,15,16). The molecule has 0 radical (unpaired) electrons. The SMILES string of the molecule is O=C1Nc2cc(Br)c(F)cc2NC2COCC12. The molecule has 3 rings (SSSR count). The van der Waals surface area contributed by atoms with E-state index in [-0.39, 0.29) is 23.7 Å². The molecule has 1 amide bonds. The molecule has 4 nitrogen and oxygen atoms in total. The summed E-state index contributed by atoms with van der Waals surface area (Å²) >= 11 is 3.10. The first-order valence-electron chi connectivity index (χ1n) is 5.29. The van der Waals surface area contributed by atoms with Crippen LogP contribution in [-0.4, -0.2) is 25.2 Å². The van der Waals surface area contributed by atoms with Gasteiger partial charge >= 0.3 is 0 Å². The second-order valence-corrected chi connectivity index (χ2v) is 5.05. The van der Waals surface area contributed by atoms with Crippen LogP contribution in [0.2, 0.25) is 0 Å². The minimum Gasteiger partial charge on any atom is -0.378 e. The largest absolute Gasteiger partial charge is 0.378 e. The molecule has 90 valence electrons. The smallest absolute Gasteiger partial charge is 0.232 e. The van der Waals surface area contributed by atoms with Gasteiger partial charge in [-0.3, -0.25) is 4.79 Å². The third-order valence-corrected chi connectivity index (χ3v) is 3.68. The van der Waals surface area contributed by atoms with Gasteiger partial charge in [-0.1, -0.05) is 0 Å². The van der Waals surface area contributed by atoms with E-state index >= 15 is 0 Å². The fourth-order valence-corrected chi connectivity index (χ4v) is 2.49. The molecule has 1 fully saturated rings. The molecule has 1 aromatic carbocycles. The number of nitrogens with one attached hydrogen (secondary N) is 2. The van der Waals surface area contributed by atoms with E-state index in [0.717, 1.165) is 0 Å². The molecule has 1 saturated heterocycles. The first-order valence-corrected chi connectivity index (χ1v) is 6.08. The fourth-order valence-electron chi connectivity index (χ4n) is 2.15. The van der Waals surface area contributed by atoms with Crippen molar-refractivity contribution in [2.24, 2.45) is 5.92 Å². The third-order valence-electron chi connectivity index (χ3n) is 3.08. The Bertz CT molecular complexity index is 495. The maximum absolute atomic E-state index is 13.4. The van der Waals surface area contributed by atoms with Crippen molar-refractivity contribution in [2.75, 3.05) is 23.8 Å². The van der Waals surface area contributed by atoms with E-state index in [2.05, 4.69) is 26.6 Å². The van der Waals surface area contributed by atoms with Crippen LogP contribution in [0.25, 0.3) is 0 Å². The summed E-state index contributed by atoms with van der Waals surface area (Å²) in [4.78, 5) is 11.9. The lowest BCUT2D eigenvalue weighted by Crippen LogP contribution is -2.33. The second kappa shape index (κ2) is 3.96. The van der Waals surface area contributed by atoms with Crippen molar-refractivity contribution in [3.05, 3.63) is 22.4 Å². The zero-order valence-electron chi connectivity index (χ0n) is 8.80. The number of benzene rings is 1. The zero-order valence-corrected chi connectivity index (χ0v) is 10.4. The Labute approximate surface area is 106 Å². The lowest BCUT2D eigenvalue weighted by molar-refractivity contribution is -0.119. The molecular formula is C11H10BrFN2O2. The number of anilines is 2. The van der Waals surface area contributed by atoms with E-state index in [9.17, 15) is 9.18 Å². The van der Waals surface area contributed by atoms with Crippen molar-refractivity contribution in [3.8, 4) is 0 Å². The minimum absolute atomic E-state index is 0.0859. The summed E-state index contributed by atoms with van der Waals surface area (Å²) in [5.41, 5.74) is 1.19. The molecule has 17 heavy (non-hydrogen) atoms. The van der Waals surface area contributed by atoms with E-state index in [1.54, 1.807) is 6.07 Å². The number of hydrogen-bond acceptors (Lipinski definition) is 3. The van der Waals surface area contributed by atoms with E-state index < -0.39 is 0 Å². The van der Waals surface area contributed by atoms with Gasteiger partial charge in [0.25, 0.3) is 0 Å². The monoisotopic (exact) mass is 300 g/mol. The van der Waals surface area contributed by atoms with Crippen molar-refractivity contribution >= 4 is 33.2 Å². The van der Waals surface area contributed by atoms with Crippen LogP contribution < -0.4 is 10.6 Å². The summed E-state index contributed by atoms with van der Waals surface area (Å²) in [6, 6.07) is 2.86. The molecule has 2 atom stereocenters. The Kier molecular flexibility index (Phi) is 2.56. The molecule has 0 aromatic heterocycles. The van der Waals surface area contributed by atoms with Crippen LogP contribution in [-0.2, 0) is 9.53 Å². The Morgan fingerprint density at radius 3 is 3.00 bits per heavy atom. The Morgan fingerprint density at radius 1 is 1.35 bits per heavy atom. The number of carbonyl (C=O) groups is 1. The summed E-state index contributed by atoms with van der Waals surface area (Å²) in [6.07, 6.45) is 0. The van der Waals surface area contributed by atoms with Crippen LogP contribution in [0.3, 0.4) is 0 Å². The van der Waals surface area contributed by atoms with Crippen LogP contribution >= 0.6 is 15.9 Å². The molecule has 2 aliphatic rings. The van der Waals surface area contributed by atoms with Gasteiger partial charge < -0.3 is 15.4 Å². The van der Waals surface area contributed by atoms with Gasteiger partial charge in [-0.05, 0) is 22.0 Å². The van der Waals surface area contributed by atoms with Crippen molar-refractivity contribution in [2.45, 2.75) is 6.04 Å². The van der Waals surface area contributed by atoms with Gasteiger partial charge in [0, 0.05) is 6.07 Å². The maximum atomic E-state index is 13.4. The Morgan fingerprint density at radius 2 is 2.18 bits per heavy atom. The normalized spacial score (nSPS) is 26.6. The van der Waals surface area contributed by atoms with Crippen LogP contribution in [0, 0.1) is 11.7 Å². The number of ether oxygens (including phenoxy) is 1. The Hall–Kier alpha value is -1.14. The Balaban J connectivity index is 2.04. The highest BCUT2D eigenvalue weighted by molar-refractivity contribution is 9.10. The summed E-state index contributed by atoms with van der Waals surface area (Å²) in [6.45, 7) is 0.871. The lowest BCUT2D eigenvalue weighted by atomic mass is 10.0. The predicted molar refractivity (Wildman–Crippen MR) is 64.4 cm³/mol. The molecule has 0 bridgehead atoms. The maximum Gasteiger partial charge on any atom is 0.232 e. The highest BCUT2D eigenvalue weighted by atomic mass is 79.9. The van der Waals surface area contributed by atoms with Crippen molar-refractivity contribution in [1.29, 1.82) is 0 Å². The van der Waals surface area contributed by atoms with Gasteiger partial charge in [-0.25, -0.2) is 4.39 Å². The topological polar surface area (TPSA) is 50.4 Å². The van der Waals surface area contributed by atoms with Gasteiger partial charge in [0.1, 0.15) is 5.82 Å². The number of carbonyl (C=O) groups excluding carboxylic acids is 1. The van der Waals surface area contributed by atoms with E-state index in [0.29, 0.717) is 29.1 Å². The van der Waals surface area contributed by atoms with E-state index in [4.69, 9.17) is 4.74 Å². The zero-order chi connectivity index (χ0) is 12.0. The lowest BCUT2D eigenvalue weighted by Gasteiger charge is -2.14. The molecule has 1 aromatic rings. The molecule has 2 unspecified atom stereocenters. The first kappa shape index (κ1) is 11.0. The fraction of sp³-hybridized carbons (Fsp3) is 0.364. The molecule has 0 aliphatic carbocycles. The van der Waals surface area contributed by atoms with Crippen LogP contribution in [0.15, 0.2) is 16.6 Å². The van der Waals surface area contributed by atoms with Gasteiger partial charge in [-0.15, -0.1) is 0 Å². The summed E-state index contributed by atoms with van der Waals surface area (Å²) in [5, 5.41) is 5.93. The average molecular weight is 301 g/mol. The molecule has 0 saturated carbocycles. The second-order valence-electron chi connectivity index (χ2n) is 4.20. The first-order chi connectivity index (χ1) is 8.15. The van der Waals surface area contributed by atoms with Gasteiger partial charge in [0.2, 0.25) is 5.91 Å². The van der Waals surface area contributed by atoms with Crippen LogP contribution in [0.4, 0.5) is 15.8 Å². The molecule has 6 heteroatoms. The minimum atomic E-state index is -0.358. The molecule has 2 heterocycles. The van der Waals surface area contributed by atoms with E-state index in [1.807, 2.05) is 0 Å². The molecule has 2 aliphatic heterocycles. The highest BCUT2D eigenvalue weighted by Gasteiger charge is 2.37. The number of fused-ring (bicyclic) bond motifs is 2. The summed E-state index contributed by atoms with van der Waals surface area (Å²) < 4.78 is 19.0. The van der Waals surface area contributed by atoms with Crippen molar-refractivity contribution in [3.63, 3.8) is 0 Å². The molecule has 2 N–H and O–H groups in total. The number of rotatable bonds is 0. The quantitative estimate of drug-likeness (QED) is 0.770. The molecule has 0 spiro atoms.